The Morgan fingerprint density at radius 2 is 2.00 bits per heavy atom. The zero-order valence-electron chi connectivity index (χ0n) is 7.87. The summed E-state index contributed by atoms with van der Waals surface area (Å²) in [6.45, 7) is 0.808. The minimum Gasteiger partial charge on any atom is -0.375 e. The summed E-state index contributed by atoms with van der Waals surface area (Å²) in [7, 11) is 0. The van der Waals surface area contributed by atoms with E-state index in [1.54, 1.807) is 0 Å². The maximum Gasteiger partial charge on any atom is 0.123 e. The lowest BCUT2D eigenvalue weighted by Crippen LogP contribution is -2.39. The minimum absolute atomic E-state index is 0.136. The number of ether oxygens (including phenoxy) is 1. The van der Waals surface area contributed by atoms with Crippen LogP contribution in [-0.2, 0) is 9.53 Å². The Balaban J connectivity index is 1.72. The largest absolute Gasteiger partial charge is 0.375 e. The predicted molar refractivity (Wildman–Crippen MR) is 48.3 cm³/mol. The van der Waals surface area contributed by atoms with Gasteiger partial charge in [0, 0.05) is 12.5 Å². The van der Waals surface area contributed by atoms with Gasteiger partial charge in [-0.3, -0.25) is 0 Å². The van der Waals surface area contributed by atoms with Gasteiger partial charge < -0.3 is 9.53 Å². The van der Waals surface area contributed by atoms with Crippen LogP contribution in [0.25, 0.3) is 0 Å². The van der Waals surface area contributed by atoms with Crippen molar-refractivity contribution in [3.63, 3.8) is 0 Å². The van der Waals surface area contributed by atoms with E-state index < -0.39 is 0 Å². The molecule has 2 nitrogen and oxygen atoms in total. The average molecular weight is 180 g/mol. The lowest BCUT2D eigenvalue weighted by molar-refractivity contribution is -0.127. The van der Waals surface area contributed by atoms with Gasteiger partial charge in [0.25, 0.3) is 0 Å². The molecule has 0 aromatic heterocycles. The topological polar surface area (TPSA) is 26.3 Å². The van der Waals surface area contributed by atoms with Gasteiger partial charge in [-0.1, -0.05) is 0 Å². The van der Waals surface area contributed by atoms with Gasteiger partial charge in [0.2, 0.25) is 0 Å². The third-order valence-electron chi connectivity index (χ3n) is 4.06. The molecule has 13 heavy (non-hydrogen) atoms. The number of fused-ring (bicyclic) bond motifs is 1. The van der Waals surface area contributed by atoms with Crippen LogP contribution in [0.5, 0.6) is 0 Å². The molecule has 0 aromatic carbocycles. The number of aldehydes is 1. The Morgan fingerprint density at radius 1 is 1.23 bits per heavy atom. The molecule has 0 N–H and O–H groups in total. The number of hydrogen-bond donors (Lipinski definition) is 0. The first kappa shape index (κ1) is 7.98. The van der Waals surface area contributed by atoms with Gasteiger partial charge in [0.15, 0.2) is 0 Å². The summed E-state index contributed by atoms with van der Waals surface area (Å²) in [5, 5.41) is 0. The summed E-state index contributed by atoms with van der Waals surface area (Å²) in [5.74, 6) is 2.18. The lowest BCUT2D eigenvalue weighted by atomic mass is 9.83. The SMILES string of the molecule is O=CC1CCOC2(C1)CC1CC1C2. The monoisotopic (exact) mass is 180 g/mol. The average Bonchev–Trinajstić information content (AvgIpc) is 2.75. The third kappa shape index (κ3) is 1.23. The highest BCUT2D eigenvalue weighted by atomic mass is 16.5. The van der Waals surface area contributed by atoms with Crippen molar-refractivity contribution in [3.8, 4) is 0 Å². The summed E-state index contributed by atoms with van der Waals surface area (Å²) in [4.78, 5) is 10.7. The molecule has 1 aliphatic heterocycles. The fourth-order valence-electron chi connectivity index (χ4n) is 3.32. The van der Waals surface area contributed by atoms with Crippen molar-refractivity contribution in [1.29, 1.82) is 0 Å². The van der Waals surface area contributed by atoms with Crippen molar-refractivity contribution < 1.29 is 9.53 Å². The molecule has 2 saturated carbocycles. The first-order valence-corrected chi connectivity index (χ1v) is 5.41. The minimum atomic E-state index is 0.136. The second-order valence-electron chi connectivity index (χ2n) is 5.08. The predicted octanol–water partition coefficient (Wildman–Crippen LogP) is 1.78. The van der Waals surface area contributed by atoms with Crippen LogP contribution < -0.4 is 0 Å². The molecule has 3 fully saturated rings. The second-order valence-corrected chi connectivity index (χ2v) is 5.08. The number of rotatable bonds is 1. The molecule has 0 radical (unpaired) electrons. The van der Waals surface area contributed by atoms with Gasteiger partial charge in [-0.15, -0.1) is 0 Å². The van der Waals surface area contributed by atoms with Gasteiger partial charge in [-0.2, -0.15) is 0 Å². The molecule has 1 spiro atoms. The molecule has 3 aliphatic rings. The molecular formula is C11H16O2. The van der Waals surface area contributed by atoms with Crippen molar-refractivity contribution >= 4 is 6.29 Å². The van der Waals surface area contributed by atoms with E-state index in [9.17, 15) is 4.79 Å². The van der Waals surface area contributed by atoms with Crippen LogP contribution in [0.3, 0.4) is 0 Å². The Kier molecular flexibility index (Phi) is 1.58. The van der Waals surface area contributed by atoms with Crippen molar-refractivity contribution in [2.45, 2.75) is 37.7 Å². The van der Waals surface area contributed by atoms with Crippen LogP contribution in [-0.4, -0.2) is 18.5 Å². The van der Waals surface area contributed by atoms with Gasteiger partial charge in [-0.05, 0) is 43.9 Å². The third-order valence-corrected chi connectivity index (χ3v) is 4.06. The summed E-state index contributed by atoms with van der Waals surface area (Å²) in [6.07, 6.45) is 6.99. The molecule has 2 heteroatoms. The molecule has 3 unspecified atom stereocenters. The molecule has 72 valence electrons. The van der Waals surface area contributed by atoms with E-state index in [4.69, 9.17) is 4.74 Å². The standard InChI is InChI=1S/C11H16O2/c12-7-8-1-2-13-11(4-8)5-9-3-10(9)6-11/h7-10H,1-6H2. The smallest absolute Gasteiger partial charge is 0.123 e. The molecule has 0 bridgehead atoms. The Bertz CT molecular complexity index is 226. The van der Waals surface area contributed by atoms with Crippen molar-refractivity contribution in [3.05, 3.63) is 0 Å². The second kappa shape index (κ2) is 2.57. The molecule has 0 amide bonds. The quantitative estimate of drug-likeness (QED) is 0.575. The first-order valence-electron chi connectivity index (χ1n) is 5.41. The Morgan fingerprint density at radius 3 is 2.69 bits per heavy atom. The van der Waals surface area contributed by atoms with Crippen LogP contribution >= 0.6 is 0 Å². The molecule has 3 atom stereocenters. The number of hydrogen-bond acceptors (Lipinski definition) is 2. The van der Waals surface area contributed by atoms with Crippen molar-refractivity contribution in [1.82, 2.24) is 0 Å². The van der Waals surface area contributed by atoms with E-state index in [1.165, 1.54) is 19.3 Å². The summed E-state index contributed by atoms with van der Waals surface area (Å²) in [5.41, 5.74) is 0.136. The summed E-state index contributed by atoms with van der Waals surface area (Å²) >= 11 is 0. The number of carbonyl (C=O) groups excluding carboxylic acids is 1. The highest BCUT2D eigenvalue weighted by Gasteiger charge is 2.55. The molecule has 2 aliphatic carbocycles. The van der Waals surface area contributed by atoms with Gasteiger partial charge >= 0.3 is 0 Å². The summed E-state index contributed by atoms with van der Waals surface area (Å²) in [6, 6.07) is 0. The van der Waals surface area contributed by atoms with E-state index >= 15 is 0 Å². The fraction of sp³-hybridized carbons (Fsp3) is 0.909. The normalized spacial score (nSPS) is 53.4. The van der Waals surface area contributed by atoms with E-state index in [-0.39, 0.29) is 11.5 Å². The van der Waals surface area contributed by atoms with Crippen molar-refractivity contribution in [2.24, 2.45) is 17.8 Å². The van der Waals surface area contributed by atoms with Crippen LogP contribution in [0.1, 0.15) is 32.1 Å². The first-order chi connectivity index (χ1) is 6.31. The molecule has 0 aromatic rings. The van der Waals surface area contributed by atoms with Crippen molar-refractivity contribution in [2.75, 3.05) is 6.61 Å². The number of carbonyl (C=O) groups is 1. The Hall–Kier alpha value is -0.370. The van der Waals surface area contributed by atoms with Gasteiger partial charge in [0.05, 0.1) is 5.60 Å². The fourth-order valence-corrected chi connectivity index (χ4v) is 3.32. The Labute approximate surface area is 78.6 Å². The van der Waals surface area contributed by atoms with Gasteiger partial charge in [0.1, 0.15) is 6.29 Å². The zero-order chi connectivity index (χ0) is 8.89. The maximum absolute atomic E-state index is 10.7. The molecule has 3 rings (SSSR count). The highest BCUT2D eigenvalue weighted by Crippen LogP contribution is 2.59. The van der Waals surface area contributed by atoms with E-state index in [0.29, 0.717) is 0 Å². The summed E-state index contributed by atoms with van der Waals surface area (Å²) < 4.78 is 5.90. The van der Waals surface area contributed by atoms with Crippen LogP contribution in [0.4, 0.5) is 0 Å². The maximum atomic E-state index is 10.7. The van der Waals surface area contributed by atoms with Crippen LogP contribution in [0.2, 0.25) is 0 Å². The van der Waals surface area contributed by atoms with E-state index in [2.05, 4.69) is 0 Å². The molecule has 1 saturated heterocycles. The van der Waals surface area contributed by atoms with E-state index in [1.807, 2.05) is 0 Å². The highest BCUT2D eigenvalue weighted by molar-refractivity contribution is 5.54. The van der Waals surface area contributed by atoms with Crippen LogP contribution in [0.15, 0.2) is 0 Å². The van der Waals surface area contributed by atoms with E-state index in [0.717, 1.165) is 37.6 Å². The zero-order valence-corrected chi connectivity index (χ0v) is 7.87. The van der Waals surface area contributed by atoms with Gasteiger partial charge in [-0.25, -0.2) is 0 Å². The molecular weight excluding hydrogens is 164 g/mol. The molecule has 1 heterocycles. The van der Waals surface area contributed by atoms with Crippen LogP contribution in [0, 0.1) is 17.8 Å². The lowest BCUT2D eigenvalue weighted by Gasteiger charge is -2.37.